The lowest BCUT2D eigenvalue weighted by molar-refractivity contribution is 0.0525. The number of carbonyl (C=O) groups is 1. The number of esters is 1. The van der Waals surface area contributed by atoms with Crippen molar-refractivity contribution in [3.8, 4) is 5.75 Å². The van der Waals surface area contributed by atoms with Gasteiger partial charge in [-0.15, -0.1) is 0 Å². The average molecular weight is 291 g/mol. The van der Waals surface area contributed by atoms with Crippen LogP contribution in [-0.4, -0.2) is 19.7 Å². The van der Waals surface area contributed by atoms with E-state index in [0.29, 0.717) is 16.5 Å². The molecule has 16 heavy (non-hydrogen) atoms. The summed E-state index contributed by atoms with van der Waals surface area (Å²) in [5, 5.41) is 0.377. The maximum atomic E-state index is 13.4. The van der Waals surface area contributed by atoms with Crippen molar-refractivity contribution in [3.63, 3.8) is 0 Å². The molecule has 0 radical (unpaired) electrons. The molecule has 0 atom stereocenters. The van der Waals surface area contributed by atoms with Crippen molar-refractivity contribution in [1.82, 2.24) is 0 Å². The van der Waals surface area contributed by atoms with E-state index in [9.17, 15) is 9.18 Å². The molecule has 1 rings (SSSR count). The molecule has 0 fully saturated rings. The number of methoxy groups -OCH3 is 1. The van der Waals surface area contributed by atoms with Crippen molar-refractivity contribution in [2.24, 2.45) is 0 Å². The summed E-state index contributed by atoms with van der Waals surface area (Å²) in [5.41, 5.74) is 0.855. The standard InChI is InChI=1S/C11H12BrFO3/c1-3-16-11(14)8-5-10(15-2)9(13)4-7(8)6-12/h4-5H,3,6H2,1-2H3. The molecule has 0 aliphatic rings. The zero-order valence-corrected chi connectivity index (χ0v) is 10.6. The lowest BCUT2D eigenvalue weighted by atomic mass is 10.1. The van der Waals surface area contributed by atoms with Crippen molar-refractivity contribution < 1.29 is 18.7 Å². The number of alkyl halides is 1. The van der Waals surface area contributed by atoms with Crippen LogP contribution in [0.4, 0.5) is 4.39 Å². The minimum atomic E-state index is -0.495. The average Bonchev–Trinajstić information content (AvgIpc) is 2.28. The van der Waals surface area contributed by atoms with Gasteiger partial charge in [-0.3, -0.25) is 0 Å². The van der Waals surface area contributed by atoms with E-state index in [0.717, 1.165) is 0 Å². The SMILES string of the molecule is CCOC(=O)c1cc(OC)c(F)cc1CBr. The molecule has 1 aromatic carbocycles. The van der Waals surface area contributed by atoms with Gasteiger partial charge in [0.15, 0.2) is 11.6 Å². The highest BCUT2D eigenvalue weighted by Crippen LogP contribution is 2.24. The molecule has 0 unspecified atom stereocenters. The van der Waals surface area contributed by atoms with Crippen LogP contribution in [0.15, 0.2) is 12.1 Å². The molecule has 0 N–H and O–H groups in total. The van der Waals surface area contributed by atoms with Gasteiger partial charge in [-0.1, -0.05) is 15.9 Å². The molecule has 0 aromatic heterocycles. The molecule has 0 saturated carbocycles. The van der Waals surface area contributed by atoms with E-state index < -0.39 is 11.8 Å². The predicted molar refractivity (Wildman–Crippen MR) is 61.5 cm³/mol. The van der Waals surface area contributed by atoms with E-state index in [1.54, 1.807) is 6.92 Å². The van der Waals surface area contributed by atoms with Crippen molar-refractivity contribution in [2.75, 3.05) is 13.7 Å². The highest BCUT2D eigenvalue weighted by molar-refractivity contribution is 9.08. The summed E-state index contributed by atoms with van der Waals surface area (Å²) < 4.78 is 23.1. The van der Waals surface area contributed by atoms with Gasteiger partial charge in [-0.25, -0.2) is 9.18 Å². The van der Waals surface area contributed by atoms with Gasteiger partial charge in [-0.05, 0) is 24.6 Å². The first kappa shape index (κ1) is 13.0. The first-order valence-corrected chi connectivity index (χ1v) is 5.85. The van der Waals surface area contributed by atoms with Gasteiger partial charge in [0.1, 0.15) is 0 Å². The first-order chi connectivity index (χ1) is 7.63. The molecule has 0 aliphatic heterocycles. The van der Waals surface area contributed by atoms with Gasteiger partial charge in [-0.2, -0.15) is 0 Å². The minimum absolute atomic E-state index is 0.0350. The summed E-state index contributed by atoms with van der Waals surface area (Å²) in [6.45, 7) is 1.99. The van der Waals surface area contributed by atoms with Gasteiger partial charge in [0.2, 0.25) is 0 Å². The van der Waals surface area contributed by atoms with Crippen molar-refractivity contribution in [2.45, 2.75) is 12.3 Å². The summed E-state index contributed by atoms with van der Waals surface area (Å²) in [7, 11) is 1.35. The highest BCUT2D eigenvalue weighted by Gasteiger charge is 2.16. The molecule has 0 bridgehead atoms. The van der Waals surface area contributed by atoms with Crippen LogP contribution < -0.4 is 4.74 Å². The molecule has 3 nitrogen and oxygen atoms in total. The minimum Gasteiger partial charge on any atom is -0.494 e. The summed E-state index contributed by atoms with van der Waals surface area (Å²) in [6, 6.07) is 2.61. The van der Waals surface area contributed by atoms with Gasteiger partial charge in [0, 0.05) is 5.33 Å². The van der Waals surface area contributed by atoms with Gasteiger partial charge >= 0.3 is 5.97 Å². The lowest BCUT2D eigenvalue weighted by Gasteiger charge is -2.09. The maximum absolute atomic E-state index is 13.4. The van der Waals surface area contributed by atoms with Crippen LogP contribution in [0, 0.1) is 5.82 Å². The number of hydrogen-bond donors (Lipinski definition) is 0. The zero-order valence-electron chi connectivity index (χ0n) is 9.05. The zero-order chi connectivity index (χ0) is 12.1. The Bertz CT molecular complexity index is 393. The normalized spacial score (nSPS) is 10.0. The van der Waals surface area contributed by atoms with Crippen LogP contribution in [-0.2, 0) is 10.1 Å². The monoisotopic (exact) mass is 290 g/mol. The summed E-state index contributed by atoms with van der Waals surface area (Å²) in [4.78, 5) is 11.6. The molecular weight excluding hydrogens is 279 g/mol. The number of benzene rings is 1. The van der Waals surface area contributed by atoms with Crippen LogP contribution in [0.3, 0.4) is 0 Å². The molecule has 0 amide bonds. The third-order valence-corrected chi connectivity index (χ3v) is 2.62. The van der Waals surface area contributed by atoms with Crippen LogP contribution in [0.2, 0.25) is 0 Å². The van der Waals surface area contributed by atoms with Crippen molar-refractivity contribution in [1.29, 1.82) is 0 Å². The van der Waals surface area contributed by atoms with E-state index in [4.69, 9.17) is 9.47 Å². The van der Waals surface area contributed by atoms with Gasteiger partial charge in [0.05, 0.1) is 19.3 Å². The third-order valence-electron chi connectivity index (χ3n) is 2.02. The second kappa shape index (κ2) is 5.84. The Morgan fingerprint density at radius 3 is 2.69 bits per heavy atom. The molecule has 5 heteroatoms. The molecular formula is C11H12BrFO3. The van der Waals surface area contributed by atoms with Gasteiger partial charge < -0.3 is 9.47 Å². The number of carbonyl (C=O) groups excluding carboxylic acids is 1. The Kier molecular flexibility index (Phi) is 4.73. The van der Waals surface area contributed by atoms with E-state index in [-0.39, 0.29) is 12.4 Å². The van der Waals surface area contributed by atoms with E-state index >= 15 is 0 Å². The highest BCUT2D eigenvalue weighted by atomic mass is 79.9. The lowest BCUT2D eigenvalue weighted by Crippen LogP contribution is -2.08. The second-order valence-corrected chi connectivity index (χ2v) is 3.56. The van der Waals surface area contributed by atoms with Crippen molar-refractivity contribution in [3.05, 3.63) is 29.1 Å². The fourth-order valence-corrected chi connectivity index (χ4v) is 1.72. The van der Waals surface area contributed by atoms with Crippen LogP contribution in [0.1, 0.15) is 22.8 Å². The van der Waals surface area contributed by atoms with Crippen LogP contribution in [0.5, 0.6) is 5.75 Å². The molecule has 0 spiro atoms. The fourth-order valence-electron chi connectivity index (χ4n) is 1.26. The van der Waals surface area contributed by atoms with E-state index in [1.807, 2.05) is 0 Å². The smallest absolute Gasteiger partial charge is 0.338 e. The summed E-state index contributed by atoms with van der Waals surface area (Å²) >= 11 is 3.19. The van der Waals surface area contributed by atoms with Crippen LogP contribution >= 0.6 is 15.9 Å². The third kappa shape index (κ3) is 2.72. The predicted octanol–water partition coefficient (Wildman–Crippen LogP) is 2.91. The second-order valence-electron chi connectivity index (χ2n) is 3.00. The Labute approximate surface area is 102 Å². The van der Waals surface area contributed by atoms with E-state index in [1.165, 1.54) is 19.2 Å². The largest absolute Gasteiger partial charge is 0.494 e. The Morgan fingerprint density at radius 1 is 1.50 bits per heavy atom. The Hall–Kier alpha value is -1.10. The Morgan fingerprint density at radius 2 is 2.19 bits per heavy atom. The Balaban J connectivity index is 3.19. The van der Waals surface area contributed by atoms with Gasteiger partial charge in [0.25, 0.3) is 0 Å². The van der Waals surface area contributed by atoms with Crippen LogP contribution in [0.25, 0.3) is 0 Å². The quantitative estimate of drug-likeness (QED) is 0.632. The number of rotatable bonds is 4. The fraction of sp³-hybridized carbons (Fsp3) is 0.364. The summed E-state index contributed by atoms with van der Waals surface area (Å²) in [5.74, 6) is -0.937. The number of halogens is 2. The molecule has 0 heterocycles. The molecule has 1 aromatic rings. The van der Waals surface area contributed by atoms with Crippen molar-refractivity contribution >= 4 is 21.9 Å². The first-order valence-electron chi connectivity index (χ1n) is 4.73. The number of hydrogen-bond acceptors (Lipinski definition) is 3. The molecule has 0 aliphatic carbocycles. The molecule has 88 valence electrons. The number of ether oxygens (including phenoxy) is 2. The van der Waals surface area contributed by atoms with E-state index in [2.05, 4.69) is 15.9 Å². The molecule has 0 saturated heterocycles. The maximum Gasteiger partial charge on any atom is 0.338 e. The topological polar surface area (TPSA) is 35.5 Å². The summed E-state index contributed by atoms with van der Waals surface area (Å²) in [6.07, 6.45) is 0.